The lowest BCUT2D eigenvalue weighted by Crippen LogP contribution is -2.26. The standard InChI is InChI=1S/C20H21F2N3/c1-14-2-3-16(11-23-14)17-10-19-18(24-12-17)6-9-25(19)13-15-4-7-20(21,22)8-5-15/h2-3,6,9-12,15H,4-5,7-8,13H2,1H3. The van der Waals surface area contributed by atoms with Crippen molar-refractivity contribution in [3.05, 3.63) is 48.5 Å². The van der Waals surface area contributed by atoms with Crippen LogP contribution in [-0.2, 0) is 6.54 Å². The smallest absolute Gasteiger partial charge is 0.248 e. The van der Waals surface area contributed by atoms with Gasteiger partial charge in [0.1, 0.15) is 0 Å². The molecule has 0 N–H and O–H groups in total. The Morgan fingerprint density at radius 3 is 2.56 bits per heavy atom. The molecule has 1 fully saturated rings. The molecule has 0 aromatic carbocycles. The Bertz CT molecular complexity index is 874. The van der Waals surface area contributed by atoms with Crippen LogP contribution in [0, 0.1) is 12.8 Å². The Morgan fingerprint density at radius 1 is 1.08 bits per heavy atom. The van der Waals surface area contributed by atoms with Gasteiger partial charge in [-0.25, -0.2) is 8.78 Å². The summed E-state index contributed by atoms with van der Waals surface area (Å²) >= 11 is 0. The summed E-state index contributed by atoms with van der Waals surface area (Å²) in [5.74, 6) is -2.16. The Hall–Kier alpha value is -2.30. The molecule has 25 heavy (non-hydrogen) atoms. The summed E-state index contributed by atoms with van der Waals surface area (Å²) in [5.41, 5.74) is 5.02. The maximum absolute atomic E-state index is 13.4. The van der Waals surface area contributed by atoms with Crippen LogP contribution in [0.25, 0.3) is 22.2 Å². The molecule has 0 atom stereocenters. The van der Waals surface area contributed by atoms with Crippen LogP contribution in [0.5, 0.6) is 0 Å². The normalized spacial score (nSPS) is 17.9. The highest BCUT2D eigenvalue weighted by atomic mass is 19.3. The van der Waals surface area contributed by atoms with Crippen LogP contribution in [-0.4, -0.2) is 20.5 Å². The van der Waals surface area contributed by atoms with Gasteiger partial charge in [0.15, 0.2) is 0 Å². The second-order valence-electron chi connectivity index (χ2n) is 7.08. The number of pyridine rings is 2. The molecule has 1 aliphatic carbocycles. The van der Waals surface area contributed by atoms with E-state index < -0.39 is 5.92 Å². The zero-order chi connectivity index (χ0) is 17.4. The van der Waals surface area contributed by atoms with Gasteiger partial charge in [-0.3, -0.25) is 9.97 Å². The van der Waals surface area contributed by atoms with E-state index in [1.165, 1.54) is 0 Å². The maximum Gasteiger partial charge on any atom is 0.248 e. The van der Waals surface area contributed by atoms with Gasteiger partial charge in [0.25, 0.3) is 0 Å². The first-order valence-corrected chi connectivity index (χ1v) is 8.76. The average Bonchev–Trinajstić information content (AvgIpc) is 3.00. The predicted molar refractivity (Wildman–Crippen MR) is 94.6 cm³/mol. The molecule has 3 heterocycles. The number of fused-ring (bicyclic) bond motifs is 1. The van der Waals surface area contributed by atoms with Gasteiger partial charge in [0, 0.05) is 54.8 Å². The largest absolute Gasteiger partial charge is 0.346 e. The molecular formula is C20H21F2N3. The molecule has 0 radical (unpaired) electrons. The number of hydrogen-bond donors (Lipinski definition) is 0. The van der Waals surface area contributed by atoms with Crippen LogP contribution in [0.2, 0.25) is 0 Å². The third-order valence-corrected chi connectivity index (χ3v) is 5.16. The average molecular weight is 341 g/mol. The fourth-order valence-electron chi connectivity index (χ4n) is 3.58. The molecule has 0 unspecified atom stereocenters. The van der Waals surface area contributed by atoms with Crippen molar-refractivity contribution in [3.63, 3.8) is 0 Å². The lowest BCUT2D eigenvalue weighted by Gasteiger charge is -2.28. The van der Waals surface area contributed by atoms with E-state index >= 15 is 0 Å². The highest BCUT2D eigenvalue weighted by molar-refractivity contribution is 5.81. The molecule has 4 rings (SSSR count). The minimum Gasteiger partial charge on any atom is -0.346 e. The molecule has 1 aliphatic rings. The van der Waals surface area contributed by atoms with E-state index in [2.05, 4.69) is 20.6 Å². The molecule has 0 spiro atoms. The van der Waals surface area contributed by atoms with Crippen LogP contribution >= 0.6 is 0 Å². The van der Waals surface area contributed by atoms with Crippen LogP contribution in [0.15, 0.2) is 42.9 Å². The van der Waals surface area contributed by atoms with Crippen LogP contribution in [0.4, 0.5) is 8.78 Å². The van der Waals surface area contributed by atoms with Crippen molar-refractivity contribution < 1.29 is 8.78 Å². The molecule has 130 valence electrons. The molecule has 0 aliphatic heterocycles. The molecule has 3 aromatic rings. The summed E-state index contributed by atoms with van der Waals surface area (Å²) in [6, 6.07) is 8.14. The van der Waals surface area contributed by atoms with Crippen LogP contribution in [0.3, 0.4) is 0 Å². The van der Waals surface area contributed by atoms with Gasteiger partial charge >= 0.3 is 0 Å². The van der Waals surface area contributed by atoms with Crippen molar-refractivity contribution in [2.45, 2.75) is 45.1 Å². The van der Waals surface area contributed by atoms with Crippen molar-refractivity contribution in [2.75, 3.05) is 0 Å². The fraction of sp³-hybridized carbons (Fsp3) is 0.400. The Morgan fingerprint density at radius 2 is 1.84 bits per heavy atom. The van der Waals surface area contributed by atoms with E-state index in [9.17, 15) is 8.78 Å². The topological polar surface area (TPSA) is 30.7 Å². The van der Waals surface area contributed by atoms with E-state index in [0.29, 0.717) is 18.8 Å². The van der Waals surface area contributed by atoms with Gasteiger partial charge in [0.2, 0.25) is 5.92 Å². The van der Waals surface area contributed by atoms with Gasteiger partial charge in [0.05, 0.1) is 11.0 Å². The third kappa shape index (κ3) is 3.41. The lowest BCUT2D eigenvalue weighted by atomic mass is 9.87. The minimum absolute atomic E-state index is 0.00933. The van der Waals surface area contributed by atoms with Gasteiger partial charge in [-0.15, -0.1) is 0 Å². The van der Waals surface area contributed by atoms with Crippen LogP contribution < -0.4 is 0 Å². The first-order chi connectivity index (χ1) is 12.0. The monoisotopic (exact) mass is 341 g/mol. The summed E-state index contributed by atoms with van der Waals surface area (Å²) in [4.78, 5) is 8.90. The Kier molecular flexibility index (Phi) is 4.02. The van der Waals surface area contributed by atoms with Crippen molar-refractivity contribution >= 4 is 11.0 Å². The summed E-state index contributed by atoms with van der Waals surface area (Å²) in [5, 5.41) is 0. The number of aryl methyl sites for hydroxylation is 1. The number of hydrogen-bond acceptors (Lipinski definition) is 2. The van der Waals surface area contributed by atoms with Crippen molar-refractivity contribution in [1.29, 1.82) is 0 Å². The van der Waals surface area contributed by atoms with Gasteiger partial charge in [-0.05, 0) is 43.9 Å². The molecule has 0 amide bonds. The molecular weight excluding hydrogens is 320 g/mol. The number of aromatic nitrogens is 3. The molecule has 3 aromatic heterocycles. The molecule has 0 bridgehead atoms. The van der Waals surface area contributed by atoms with Gasteiger partial charge in [-0.1, -0.05) is 6.07 Å². The number of halogens is 2. The first-order valence-electron chi connectivity index (χ1n) is 8.76. The Labute approximate surface area is 145 Å². The lowest BCUT2D eigenvalue weighted by molar-refractivity contribution is -0.0472. The molecule has 5 heteroatoms. The number of alkyl halides is 2. The molecule has 1 saturated carbocycles. The molecule has 3 nitrogen and oxygen atoms in total. The summed E-state index contributed by atoms with van der Waals surface area (Å²) in [7, 11) is 0. The van der Waals surface area contributed by atoms with E-state index in [-0.39, 0.29) is 12.8 Å². The van der Waals surface area contributed by atoms with Crippen molar-refractivity contribution in [2.24, 2.45) is 5.92 Å². The Balaban J connectivity index is 1.60. The van der Waals surface area contributed by atoms with E-state index in [4.69, 9.17) is 0 Å². The van der Waals surface area contributed by atoms with Crippen molar-refractivity contribution in [3.8, 4) is 11.1 Å². The number of rotatable bonds is 3. The maximum atomic E-state index is 13.4. The van der Waals surface area contributed by atoms with Gasteiger partial charge < -0.3 is 4.57 Å². The second kappa shape index (κ2) is 6.21. The summed E-state index contributed by atoms with van der Waals surface area (Å²) in [6.07, 6.45) is 6.92. The van der Waals surface area contributed by atoms with Gasteiger partial charge in [-0.2, -0.15) is 0 Å². The third-order valence-electron chi connectivity index (χ3n) is 5.16. The summed E-state index contributed by atoms with van der Waals surface area (Å²) in [6.45, 7) is 2.74. The van der Waals surface area contributed by atoms with Crippen molar-refractivity contribution in [1.82, 2.24) is 14.5 Å². The predicted octanol–water partition coefficient (Wildman–Crippen LogP) is 5.23. The molecule has 0 saturated heterocycles. The minimum atomic E-state index is -2.47. The zero-order valence-corrected chi connectivity index (χ0v) is 14.3. The fourth-order valence-corrected chi connectivity index (χ4v) is 3.58. The summed E-state index contributed by atoms with van der Waals surface area (Å²) < 4.78 is 28.9. The van der Waals surface area contributed by atoms with Crippen LogP contribution in [0.1, 0.15) is 31.4 Å². The van der Waals surface area contributed by atoms with E-state index in [1.807, 2.05) is 43.7 Å². The first kappa shape index (κ1) is 16.2. The highest BCUT2D eigenvalue weighted by Crippen LogP contribution is 2.37. The highest BCUT2D eigenvalue weighted by Gasteiger charge is 2.34. The van der Waals surface area contributed by atoms with E-state index in [1.54, 1.807) is 0 Å². The zero-order valence-electron chi connectivity index (χ0n) is 14.3. The second-order valence-corrected chi connectivity index (χ2v) is 7.08. The SMILES string of the molecule is Cc1ccc(-c2cnc3ccn(CC4CCC(F)(F)CC4)c3c2)cn1. The van der Waals surface area contributed by atoms with E-state index in [0.717, 1.165) is 34.4 Å². The number of nitrogens with zero attached hydrogens (tertiary/aromatic N) is 3. The quantitative estimate of drug-likeness (QED) is 0.653.